The Bertz CT molecular complexity index is 759. The normalized spacial score (nSPS) is 22.1. The van der Waals surface area contributed by atoms with E-state index in [4.69, 9.17) is 4.74 Å². The molecule has 3 amide bonds. The molecule has 1 saturated heterocycles. The van der Waals surface area contributed by atoms with Crippen molar-refractivity contribution in [1.29, 1.82) is 0 Å². The lowest BCUT2D eigenvalue weighted by atomic mass is 9.94. The highest BCUT2D eigenvalue weighted by molar-refractivity contribution is 5.89. The maximum atomic E-state index is 14.7. The van der Waals surface area contributed by atoms with Crippen molar-refractivity contribution in [2.45, 2.75) is 70.6 Å². The highest BCUT2D eigenvalue weighted by Gasteiger charge is 2.25. The summed E-state index contributed by atoms with van der Waals surface area (Å²) in [6.07, 6.45) is 6.02. The van der Waals surface area contributed by atoms with Gasteiger partial charge in [0.05, 0.1) is 17.9 Å². The first kappa shape index (κ1) is 23.3. The molecule has 0 spiro atoms. The minimum absolute atomic E-state index is 0.0107. The van der Waals surface area contributed by atoms with Crippen LogP contribution in [-0.4, -0.2) is 61.8 Å². The van der Waals surface area contributed by atoms with Crippen LogP contribution in [0, 0.1) is 5.82 Å². The van der Waals surface area contributed by atoms with Crippen molar-refractivity contribution >= 4 is 23.3 Å². The largest absolute Gasteiger partial charge is 0.372 e. The molecule has 1 saturated carbocycles. The van der Waals surface area contributed by atoms with Gasteiger partial charge in [0.25, 0.3) is 0 Å². The second-order valence-electron chi connectivity index (χ2n) is 8.76. The topological polar surface area (TPSA) is 73.9 Å². The number of halogens is 1. The van der Waals surface area contributed by atoms with Gasteiger partial charge in [-0.1, -0.05) is 19.3 Å². The number of carbonyl (C=O) groups excluding carboxylic acids is 2. The first-order valence-electron chi connectivity index (χ1n) is 11.3. The summed E-state index contributed by atoms with van der Waals surface area (Å²) in [5.41, 5.74) is 0.940. The molecule has 2 atom stereocenters. The van der Waals surface area contributed by atoms with E-state index in [1.54, 1.807) is 17.0 Å². The summed E-state index contributed by atoms with van der Waals surface area (Å²) in [6.45, 7) is 5.24. The molecule has 1 heterocycles. The van der Waals surface area contributed by atoms with Gasteiger partial charge in [-0.3, -0.25) is 4.79 Å². The van der Waals surface area contributed by atoms with Crippen LogP contribution in [0.5, 0.6) is 0 Å². The third kappa shape index (κ3) is 6.56. The van der Waals surface area contributed by atoms with Gasteiger partial charge >= 0.3 is 6.03 Å². The predicted octanol–water partition coefficient (Wildman–Crippen LogP) is 3.74. The van der Waals surface area contributed by atoms with Gasteiger partial charge in [-0.2, -0.15) is 0 Å². The number of carbonyl (C=O) groups is 2. The number of hydrogen-bond acceptors (Lipinski definition) is 4. The molecule has 1 aromatic rings. The number of urea groups is 1. The summed E-state index contributed by atoms with van der Waals surface area (Å²) in [5.74, 6) is -0.361. The number of anilines is 2. The second-order valence-corrected chi connectivity index (χ2v) is 8.76. The number of rotatable bonds is 6. The zero-order valence-electron chi connectivity index (χ0n) is 18.8. The third-order valence-corrected chi connectivity index (χ3v) is 6.10. The smallest absolute Gasteiger partial charge is 0.319 e. The Morgan fingerprint density at radius 3 is 2.48 bits per heavy atom. The Kier molecular flexibility index (Phi) is 8.12. The zero-order chi connectivity index (χ0) is 22.4. The van der Waals surface area contributed by atoms with E-state index in [-0.39, 0.29) is 36.9 Å². The van der Waals surface area contributed by atoms with Crippen LogP contribution in [0.1, 0.15) is 52.4 Å². The van der Waals surface area contributed by atoms with Gasteiger partial charge in [-0.05, 0) is 44.9 Å². The van der Waals surface area contributed by atoms with Crippen molar-refractivity contribution in [3.05, 3.63) is 24.0 Å². The molecule has 0 bridgehead atoms. The van der Waals surface area contributed by atoms with Crippen LogP contribution in [0.15, 0.2) is 18.2 Å². The minimum Gasteiger partial charge on any atom is -0.372 e. The van der Waals surface area contributed by atoms with Crippen LogP contribution in [0.2, 0.25) is 0 Å². The van der Waals surface area contributed by atoms with Crippen LogP contribution in [0.3, 0.4) is 0 Å². The monoisotopic (exact) mass is 434 g/mol. The van der Waals surface area contributed by atoms with Gasteiger partial charge in [0.2, 0.25) is 5.91 Å². The Labute approximate surface area is 184 Å². The van der Waals surface area contributed by atoms with Crippen molar-refractivity contribution in [1.82, 2.24) is 10.2 Å². The van der Waals surface area contributed by atoms with E-state index in [1.165, 1.54) is 25.3 Å². The van der Waals surface area contributed by atoms with Gasteiger partial charge in [0.15, 0.2) is 0 Å². The molecular weight excluding hydrogens is 399 g/mol. The molecule has 2 unspecified atom stereocenters. The van der Waals surface area contributed by atoms with E-state index < -0.39 is 6.03 Å². The first-order chi connectivity index (χ1) is 14.8. The molecule has 1 aliphatic carbocycles. The second kappa shape index (κ2) is 10.8. The van der Waals surface area contributed by atoms with E-state index >= 15 is 0 Å². The van der Waals surface area contributed by atoms with Crippen LogP contribution >= 0.6 is 0 Å². The maximum Gasteiger partial charge on any atom is 0.319 e. The molecule has 2 N–H and O–H groups in total. The van der Waals surface area contributed by atoms with Gasteiger partial charge in [-0.25, -0.2) is 9.18 Å². The number of hydrogen-bond donors (Lipinski definition) is 2. The van der Waals surface area contributed by atoms with Crippen molar-refractivity contribution in [3.8, 4) is 0 Å². The standard InChI is InChI=1S/C23H35FN4O3/c1-16-14-28(15-17(2)31-16)22(29)11-12-25-23(30)26-18-9-10-21(20(24)13-18)27(3)19-7-5-4-6-8-19/h9-10,13,16-17,19H,4-8,11-12,14-15H2,1-3H3,(H2,25,26,30). The average Bonchev–Trinajstić information content (AvgIpc) is 2.73. The summed E-state index contributed by atoms with van der Waals surface area (Å²) < 4.78 is 20.3. The Morgan fingerprint density at radius 1 is 1.16 bits per heavy atom. The SMILES string of the molecule is CC1CN(C(=O)CCNC(=O)Nc2ccc(N(C)C3CCCCC3)c(F)c2)CC(C)O1. The van der Waals surface area contributed by atoms with E-state index in [2.05, 4.69) is 10.6 Å². The Morgan fingerprint density at radius 2 is 1.84 bits per heavy atom. The number of nitrogens with one attached hydrogen (secondary N) is 2. The Balaban J connectivity index is 1.45. The molecule has 1 aliphatic heterocycles. The van der Waals surface area contributed by atoms with Gasteiger partial charge in [0.1, 0.15) is 5.82 Å². The first-order valence-corrected chi connectivity index (χ1v) is 11.3. The van der Waals surface area contributed by atoms with E-state index in [1.807, 2.05) is 25.8 Å². The summed E-state index contributed by atoms with van der Waals surface area (Å²) in [6, 6.07) is 4.67. The van der Waals surface area contributed by atoms with Gasteiger partial charge < -0.3 is 25.2 Å². The molecule has 0 radical (unpaired) electrons. The lowest BCUT2D eigenvalue weighted by molar-refractivity contribution is -0.143. The van der Waals surface area contributed by atoms with Crippen LogP contribution in [-0.2, 0) is 9.53 Å². The number of ether oxygens (including phenoxy) is 1. The molecule has 2 fully saturated rings. The third-order valence-electron chi connectivity index (χ3n) is 6.10. The van der Waals surface area contributed by atoms with Crippen LogP contribution < -0.4 is 15.5 Å². The molecule has 3 rings (SSSR count). The fourth-order valence-electron chi connectivity index (χ4n) is 4.53. The van der Waals surface area contributed by atoms with Crippen molar-refractivity contribution < 1.29 is 18.7 Å². The lowest BCUT2D eigenvalue weighted by Gasteiger charge is -2.35. The molecule has 172 valence electrons. The fourth-order valence-corrected chi connectivity index (χ4v) is 4.53. The lowest BCUT2D eigenvalue weighted by Crippen LogP contribution is -2.48. The summed E-state index contributed by atoms with van der Waals surface area (Å²) in [4.78, 5) is 28.3. The summed E-state index contributed by atoms with van der Waals surface area (Å²) in [5, 5.41) is 5.31. The van der Waals surface area contributed by atoms with Gasteiger partial charge in [0, 0.05) is 44.8 Å². The Hall–Kier alpha value is -2.35. The number of benzene rings is 1. The predicted molar refractivity (Wildman–Crippen MR) is 120 cm³/mol. The molecule has 7 nitrogen and oxygen atoms in total. The average molecular weight is 435 g/mol. The molecule has 31 heavy (non-hydrogen) atoms. The van der Waals surface area contributed by atoms with Crippen LogP contribution in [0.25, 0.3) is 0 Å². The number of nitrogens with zero attached hydrogens (tertiary/aromatic N) is 2. The number of morpholine rings is 1. The molecule has 0 aromatic heterocycles. The summed E-state index contributed by atoms with van der Waals surface area (Å²) >= 11 is 0. The van der Waals surface area contributed by atoms with E-state index in [0.29, 0.717) is 30.5 Å². The minimum atomic E-state index is -0.454. The summed E-state index contributed by atoms with van der Waals surface area (Å²) in [7, 11) is 1.93. The molecule has 8 heteroatoms. The fraction of sp³-hybridized carbons (Fsp3) is 0.652. The zero-order valence-corrected chi connectivity index (χ0v) is 18.8. The quantitative estimate of drug-likeness (QED) is 0.715. The molecule has 1 aromatic carbocycles. The highest BCUT2D eigenvalue weighted by Crippen LogP contribution is 2.29. The van der Waals surface area contributed by atoms with Crippen molar-refractivity contribution in [2.75, 3.05) is 36.9 Å². The highest BCUT2D eigenvalue weighted by atomic mass is 19.1. The van der Waals surface area contributed by atoms with Gasteiger partial charge in [-0.15, -0.1) is 0 Å². The van der Waals surface area contributed by atoms with E-state index in [0.717, 1.165) is 12.8 Å². The van der Waals surface area contributed by atoms with E-state index in [9.17, 15) is 14.0 Å². The maximum absolute atomic E-state index is 14.7. The number of amides is 3. The van der Waals surface area contributed by atoms with Crippen molar-refractivity contribution in [3.63, 3.8) is 0 Å². The molecular formula is C23H35FN4O3. The van der Waals surface area contributed by atoms with Crippen molar-refractivity contribution in [2.24, 2.45) is 0 Å². The van der Waals surface area contributed by atoms with Crippen LogP contribution in [0.4, 0.5) is 20.6 Å². The molecule has 2 aliphatic rings.